The first-order chi connectivity index (χ1) is 16.7. The number of fused-ring (bicyclic) bond motifs is 1. The Morgan fingerprint density at radius 3 is 2.46 bits per heavy atom. The van der Waals surface area contributed by atoms with Gasteiger partial charge in [-0.1, -0.05) is 48.0 Å². The summed E-state index contributed by atoms with van der Waals surface area (Å²) >= 11 is 0. The molecule has 9 nitrogen and oxygen atoms in total. The van der Waals surface area contributed by atoms with Crippen molar-refractivity contribution in [3.8, 4) is 0 Å². The lowest BCUT2D eigenvalue weighted by atomic mass is 9.84. The molecule has 1 aliphatic heterocycles. The van der Waals surface area contributed by atoms with E-state index in [4.69, 9.17) is 4.74 Å². The van der Waals surface area contributed by atoms with Gasteiger partial charge < -0.3 is 10.1 Å². The van der Waals surface area contributed by atoms with Gasteiger partial charge in [0.1, 0.15) is 12.0 Å². The molecule has 0 bridgehead atoms. The van der Waals surface area contributed by atoms with E-state index in [1.165, 1.54) is 30.3 Å². The first-order valence-corrected chi connectivity index (χ1v) is 10.7. The molecule has 1 amide bonds. The average Bonchev–Trinajstić information content (AvgIpc) is 3.17. The van der Waals surface area contributed by atoms with Crippen LogP contribution in [0.3, 0.4) is 0 Å². The molecule has 4 rings (SSSR count). The van der Waals surface area contributed by atoms with Crippen LogP contribution in [0.5, 0.6) is 0 Å². The van der Waals surface area contributed by atoms with Crippen LogP contribution in [-0.2, 0) is 14.3 Å². The summed E-state index contributed by atoms with van der Waals surface area (Å²) < 4.78 is 5.38. The molecule has 0 aliphatic carbocycles. The quantitative estimate of drug-likeness (QED) is 0.136. The molecular formula is C26H20N2O7. The lowest BCUT2D eigenvalue weighted by Crippen LogP contribution is -2.38. The molecule has 0 saturated carbocycles. The highest BCUT2D eigenvalue weighted by Gasteiger charge is 2.46. The number of Topliss-reactive ketones (excluding diaryl/α,β-unsaturated/α-hetero) is 2. The molecule has 2 atom stereocenters. The summed E-state index contributed by atoms with van der Waals surface area (Å²) in [5.41, 5.74) is 2.01. The molecule has 3 aromatic rings. The van der Waals surface area contributed by atoms with Gasteiger partial charge in [0.2, 0.25) is 5.78 Å². The van der Waals surface area contributed by atoms with Crippen LogP contribution in [0.15, 0.2) is 66.7 Å². The van der Waals surface area contributed by atoms with Gasteiger partial charge >= 0.3 is 5.97 Å². The van der Waals surface area contributed by atoms with Gasteiger partial charge in [-0.2, -0.15) is 0 Å². The molecular weight excluding hydrogens is 452 g/mol. The van der Waals surface area contributed by atoms with Crippen molar-refractivity contribution >= 4 is 34.8 Å². The van der Waals surface area contributed by atoms with E-state index in [9.17, 15) is 29.3 Å². The number of nitrogens with zero attached hydrogens (tertiary/aromatic N) is 1. The second-order valence-electron chi connectivity index (χ2n) is 8.20. The second-order valence-corrected chi connectivity index (χ2v) is 8.20. The Morgan fingerprint density at radius 1 is 1.00 bits per heavy atom. The van der Waals surface area contributed by atoms with Crippen molar-refractivity contribution in [2.75, 3.05) is 5.32 Å². The van der Waals surface area contributed by atoms with E-state index >= 15 is 0 Å². The van der Waals surface area contributed by atoms with E-state index < -0.39 is 40.4 Å². The summed E-state index contributed by atoms with van der Waals surface area (Å²) in [4.78, 5) is 62.9. The first kappa shape index (κ1) is 23.5. The molecule has 0 aromatic heterocycles. The van der Waals surface area contributed by atoms with E-state index in [2.05, 4.69) is 5.32 Å². The fourth-order valence-electron chi connectivity index (χ4n) is 4.05. The van der Waals surface area contributed by atoms with Gasteiger partial charge in [0.05, 0.1) is 10.5 Å². The smallest absolute Gasteiger partial charge is 0.339 e. The van der Waals surface area contributed by atoms with Gasteiger partial charge in [0.15, 0.2) is 5.78 Å². The van der Waals surface area contributed by atoms with E-state index in [0.717, 1.165) is 11.6 Å². The maximum atomic E-state index is 13.5. The van der Waals surface area contributed by atoms with Crippen molar-refractivity contribution < 1.29 is 28.8 Å². The summed E-state index contributed by atoms with van der Waals surface area (Å²) in [6.07, 6.45) is -1.36. The molecule has 1 N–H and O–H groups in total. The maximum Gasteiger partial charge on any atom is 0.339 e. The second kappa shape index (κ2) is 9.30. The number of rotatable bonds is 7. The van der Waals surface area contributed by atoms with E-state index in [1.807, 2.05) is 13.0 Å². The Kier molecular flexibility index (Phi) is 6.24. The zero-order valence-electron chi connectivity index (χ0n) is 18.8. The van der Waals surface area contributed by atoms with E-state index in [-0.39, 0.29) is 22.4 Å². The van der Waals surface area contributed by atoms with Crippen molar-refractivity contribution in [2.45, 2.75) is 20.0 Å². The van der Waals surface area contributed by atoms with Crippen LogP contribution in [0.2, 0.25) is 0 Å². The zero-order chi connectivity index (χ0) is 25.3. The van der Waals surface area contributed by atoms with Gasteiger partial charge in [0.25, 0.3) is 11.6 Å². The average molecular weight is 472 g/mol. The lowest BCUT2D eigenvalue weighted by Gasteiger charge is -2.21. The molecule has 0 radical (unpaired) electrons. The Balaban J connectivity index is 1.74. The molecule has 3 aromatic carbocycles. The van der Waals surface area contributed by atoms with Crippen molar-refractivity contribution in [2.24, 2.45) is 5.92 Å². The number of amides is 1. The number of carbonyl (C=O) groups excluding carboxylic acids is 4. The first-order valence-electron chi connectivity index (χ1n) is 10.7. The summed E-state index contributed by atoms with van der Waals surface area (Å²) in [6.45, 7) is 3.64. The lowest BCUT2D eigenvalue weighted by molar-refractivity contribution is -0.384. The molecule has 1 aliphatic rings. The molecule has 9 heteroatoms. The number of non-ortho nitro benzene ring substituents is 1. The number of anilines is 1. The number of aryl methyl sites for hydroxylation is 2. The van der Waals surface area contributed by atoms with Crippen LogP contribution >= 0.6 is 0 Å². The molecule has 0 saturated heterocycles. The minimum atomic E-state index is -1.74. The third-order valence-corrected chi connectivity index (χ3v) is 5.78. The fraction of sp³-hybridized carbons (Fsp3) is 0.154. The van der Waals surface area contributed by atoms with Gasteiger partial charge in [-0.3, -0.25) is 24.5 Å². The normalized spacial score (nSPS) is 15.0. The van der Waals surface area contributed by atoms with Crippen LogP contribution in [0.4, 0.5) is 11.4 Å². The highest BCUT2D eigenvalue weighted by atomic mass is 16.6. The van der Waals surface area contributed by atoms with Crippen molar-refractivity contribution in [1.29, 1.82) is 0 Å². The largest absolute Gasteiger partial charge is 0.453 e. The zero-order valence-corrected chi connectivity index (χ0v) is 18.8. The summed E-state index contributed by atoms with van der Waals surface area (Å²) in [6, 6.07) is 16.3. The van der Waals surface area contributed by atoms with E-state index in [1.54, 1.807) is 31.2 Å². The number of ketones is 2. The molecule has 0 spiro atoms. The highest BCUT2D eigenvalue weighted by Crippen LogP contribution is 2.38. The number of hydrogen-bond acceptors (Lipinski definition) is 7. The predicted molar refractivity (Wildman–Crippen MR) is 125 cm³/mol. The third kappa shape index (κ3) is 4.56. The van der Waals surface area contributed by atoms with Crippen LogP contribution in [-0.4, -0.2) is 28.4 Å². The van der Waals surface area contributed by atoms with Gasteiger partial charge in [-0.15, -0.1) is 0 Å². The molecule has 176 valence electrons. The number of nitro benzene ring substituents is 1. The number of hydrogen-bond donors (Lipinski definition) is 1. The van der Waals surface area contributed by atoms with Gasteiger partial charge in [-0.25, -0.2) is 4.79 Å². The number of ether oxygens (including phenoxy) is 1. The van der Waals surface area contributed by atoms with Crippen molar-refractivity contribution in [3.63, 3.8) is 0 Å². The monoisotopic (exact) mass is 472 g/mol. The van der Waals surface area contributed by atoms with Gasteiger partial charge in [0, 0.05) is 28.9 Å². The van der Waals surface area contributed by atoms with Crippen LogP contribution < -0.4 is 5.32 Å². The summed E-state index contributed by atoms with van der Waals surface area (Å²) in [5.74, 6) is -5.54. The third-order valence-electron chi connectivity index (χ3n) is 5.78. The van der Waals surface area contributed by atoms with Crippen LogP contribution in [0, 0.1) is 29.9 Å². The number of cyclic esters (lactones) is 1. The Bertz CT molecular complexity index is 1400. The number of nitro groups is 1. The van der Waals surface area contributed by atoms with Crippen molar-refractivity contribution in [1.82, 2.24) is 0 Å². The standard InChI is InChI=1S/C26H20N2O7/c1-14-10-11-20(15(2)12-14)27-25(31)23(30)21(22(29)16-6-5-7-17(13-16)28(33)34)24-18-8-3-4-9-19(18)26(32)35-24/h3-13,21,24H,1-2H3,(H,27,31)/t21-,24-/m0/s1. The molecule has 0 unspecified atom stereocenters. The topological polar surface area (TPSA) is 133 Å². The minimum absolute atomic E-state index is 0.155. The predicted octanol–water partition coefficient (Wildman–Crippen LogP) is 4.13. The van der Waals surface area contributed by atoms with Gasteiger partial charge in [-0.05, 0) is 31.5 Å². The Morgan fingerprint density at radius 2 is 1.74 bits per heavy atom. The number of carbonyl (C=O) groups is 4. The highest BCUT2D eigenvalue weighted by molar-refractivity contribution is 6.45. The Labute approximate surface area is 199 Å². The minimum Gasteiger partial charge on any atom is -0.453 e. The maximum absolute atomic E-state index is 13.5. The SMILES string of the molecule is Cc1ccc(NC(=O)C(=O)[C@H](C(=O)c2cccc([N+](=O)[O-])c2)[C@H]2OC(=O)c3ccccc32)c(C)c1. The van der Waals surface area contributed by atoms with Crippen LogP contribution in [0.25, 0.3) is 0 Å². The summed E-state index contributed by atoms with van der Waals surface area (Å²) in [5, 5.41) is 13.7. The number of nitrogens with one attached hydrogen (secondary N) is 1. The molecule has 1 heterocycles. The van der Waals surface area contributed by atoms with Crippen LogP contribution in [0.1, 0.15) is 43.5 Å². The molecule has 0 fully saturated rings. The van der Waals surface area contributed by atoms with Crippen molar-refractivity contribution in [3.05, 3.63) is 105 Å². The molecule has 35 heavy (non-hydrogen) atoms. The Hall–Kier alpha value is -4.66. The number of esters is 1. The summed E-state index contributed by atoms with van der Waals surface area (Å²) in [7, 11) is 0. The van der Waals surface area contributed by atoms with E-state index in [0.29, 0.717) is 11.3 Å². The fourth-order valence-corrected chi connectivity index (χ4v) is 4.05. The number of benzene rings is 3.